The Kier molecular flexibility index (Phi) is 7.03. The van der Waals surface area contributed by atoms with Crippen molar-refractivity contribution >= 4 is 0 Å². The third-order valence-corrected chi connectivity index (χ3v) is 3.33. The number of ether oxygens (including phenoxy) is 1. The standard InChI is InChI=1S/C13H27NO/c1-3-8-14-10-12-6-5-7-13(12)11-15-9-4-2/h12-14H,3-11H2,1-2H3. The van der Waals surface area contributed by atoms with Crippen molar-refractivity contribution in [3.05, 3.63) is 0 Å². The Morgan fingerprint density at radius 2 is 1.93 bits per heavy atom. The van der Waals surface area contributed by atoms with E-state index >= 15 is 0 Å². The highest BCUT2D eigenvalue weighted by molar-refractivity contribution is 4.78. The van der Waals surface area contributed by atoms with Gasteiger partial charge in [0.25, 0.3) is 0 Å². The summed E-state index contributed by atoms with van der Waals surface area (Å²) in [6.07, 6.45) is 6.56. The van der Waals surface area contributed by atoms with Gasteiger partial charge in [-0.1, -0.05) is 20.3 Å². The molecule has 0 aromatic rings. The van der Waals surface area contributed by atoms with Gasteiger partial charge in [0.05, 0.1) is 0 Å². The summed E-state index contributed by atoms with van der Waals surface area (Å²) in [4.78, 5) is 0. The van der Waals surface area contributed by atoms with E-state index in [0.717, 1.165) is 31.5 Å². The third kappa shape index (κ3) is 4.98. The Morgan fingerprint density at radius 3 is 2.67 bits per heavy atom. The van der Waals surface area contributed by atoms with Crippen LogP contribution in [-0.4, -0.2) is 26.3 Å². The van der Waals surface area contributed by atoms with Crippen LogP contribution in [0, 0.1) is 11.8 Å². The smallest absolute Gasteiger partial charge is 0.0497 e. The van der Waals surface area contributed by atoms with Crippen LogP contribution in [-0.2, 0) is 4.74 Å². The fraction of sp³-hybridized carbons (Fsp3) is 1.00. The number of nitrogens with one attached hydrogen (secondary N) is 1. The van der Waals surface area contributed by atoms with Crippen molar-refractivity contribution in [2.24, 2.45) is 11.8 Å². The summed E-state index contributed by atoms with van der Waals surface area (Å²) in [5, 5.41) is 3.54. The van der Waals surface area contributed by atoms with Gasteiger partial charge in [-0.2, -0.15) is 0 Å². The topological polar surface area (TPSA) is 21.3 Å². The van der Waals surface area contributed by atoms with Crippen molar-refractivity contribution in [2.45, 2.75) is 46.0 Å². The predicted octanol–water partition coefficient (Wildman–Crippen LogP) is 2.83. The minimum absolute atomic E-state index is 0.820. The minimum atomic E-state index is 0.820. The van der Waals surface area contributed by atoms with Crippen LogP contribution in [0.25, 0.3) is 0 Å². The maximum atomic E-state index is 5.68. The van der Waals surface area contributed by atoms with Crippen LogP contribution in [0.3, 0.4) is 0 Å². The summed E-state index contributed by atoms with van der Waals surface area (Å²) in [6.45, 7) is 8.70. The van der Waals surface area contributed by atoms with E-state index in [0.29, 0.717) is 0 Å². The lowest BCUT2D eigenvalue weighted by Gasteiger charge is -2.19. The van der Waals surface area contributed by atoms with Gasteiger partial charge in [0, 0.05) is 13.2 Å². The zero-order valence-electron chi connectivity index (χ0n) is 10.4. The molecule has 0 aliphatic heterocycles. The second-order valence-electron chi connectivity index (χ2n) is 4.73. The molecule has 0 saturated heterocycles. The Balaban J connectivity index is 2.11. The largest absolute Gasteiger partial charge is 0.381 e. The van der Waals surface area contributed by atoms with Crippen LogP contribution >= 0.6 is 0 Å². The molecule has 0 radical (unpaired) electrons. The van der Waals surface area contributed by atoms with E-state index < -0.39 is 0 Å². The highest BCUT2D eigenvalue weighted by atomic mass is 16.5. The lowest BCUT2D eigenvalue weighted by molar-refractivity contribution is 0.0860. The Labute approximate surface area is 94.8 Å². The second-order valence-corrected chi connectivity index (χ2v) is 4.73. The molecular formula is C13H27NO. The van der Waals surface area contributed by atoms with E-state index in [4.69, 9.17) is 4.74 Å². The molecule has 2 unspecified atom stereocenters. The molecule has 1 fully saturated rings. The Bertz CT molecular complexity index is 133. The van der Waals surface area contributed by atoms with Crippen LogP contribution < -0.4 is 5.32 Å². The van der Waals surface area contributed by atoms with Gasteiger partial charge in [-0.3, -0.25) is 0 Å². The van der Waals surface area contributed by atoms with Crippen LogP contribution in [0.5, 0.6) is 0 Å². The van der Waals surface area contributed by atoms with Crippen molar-refractivity contribution in [1.82, 2.24) is 5.32 Å². The molecule has 1 aliphatic rings. The van der Waals surface area contributed by atoms with E-state index in [9.17, 15) is 0 Å². The molecule has 90 valence electrons. The molecule has 1 N–H and O–H groups in total. The maximum absolute atomic E-state index is 5.68. The van der Waals surface area contributed by atoms with Crippen LogP contribution in [0.1, 0.15) is 46.0 Å². The fourth-order valence-corrected chi connectivity index (χ4v) is 2.45. The molecule has 15 heavy (non-hydrogen) atoms. The second kappa shape index (κ2) is 8.12. The summed E-state index contributed by atoms with van der Waals surface area (Å²) in [5.41, 5.74) is 0. The summed E-state index contributed by atoms with van der Waals surface area (Å²) in [5.74, 6) is 1.69. The summed E-state index contributed by atoms with van der Waals surface area (Å²) >= 11 is 0. The molecule has 1 aliphatic carbocycles. The van der Waals surface area contributed by atoms with E-state index in [-0.39, 0.29) is 0 Å². The van der Waals surface area contributed by atoms with Crippen molar-refractivity contribution in [3.63, 3.8) is 0 Å². The maximum Gasteiger partial charge on any atom is 0.0497 e. The van der Waals surface area contributed by atoms with Gasteiger partial charge >= 0.3 is 0 Å². The van der Waals surface area contributed by atoms with Gasteiger partial charge in [-0.05, 0) is 50.6 Å². The van der Waals surface area contributed by atoms with Gasteiger partial charge in [0.1, 0.15) is 0 Å². The molecule has 2 atom stereocenters. The quantitative estimate of drug-likeness (QED) is 0.626. The monoisotopic (exact) mass is 213 g/mol. The van der Waals surface area contributed by atoms with Gasteiger partial charge in [0.2, 0.25) is 0 Å². The van der Waals surface area contributed by atoms with E-state index in [1.165, 1.54) is 38.8 Å². The third-order valence-electron chi connectivity index (χ3n) is 3.33. The summed E-state index contributed by atoms with van der Waals surface area (Å²) in [7, 11) is 0. The lowest BCUT2D eigenvalue weighted by Crippen LogP contribution is -2.27. The molecule has 1 rings (SSSR count). The van der Waals surface area contributed by atoms with E-state index in [2.05, 4.69) is 19.2 Å². The van der Waals surface area contributed by atoms with Crippen LogP contribution in [0.2, 0.25) is 0 Å². The molecule has 2 heteroatoms. The fourth-order valence-electron chi connectivity index (χ4n) is 2.45. The first kappa shape index (κ1) is 13.0. The van der Waals surface area contributed by atoms with Crippen molar-refractivity contribution in [1.29, 1.82) is 0 Å². The van der Waals surface area contributed by atoms with Gasteiger partial charge in [0.15, 0.2) is 0 Å². The lowest BCUT2D eigenvalue weighted by atomic mass is 9.97. The molecule has 0 spiro atoms. The number of rotatable bonds is 8. The van der Waals surface area contributed by atoms with Gasteiger partial charge < -0.3 is 10.1 Å². The van der Waals surface area contributed by atoms with E-state index in [1.807, 2.05) is 0 Å². The molecule has 0 heterocycles. The summed E-state index contributed by atoms with van der Waals surface area (Å²) in [6, 6.07) is 0. The normalized spacial score (nSPS) is 26.0. The molecule has 0 aromatic heterocycles. The molecule has 0 amide bonds. The molecule has 2 nitrogen and oxygen atoms in total. The zero-order valence-corrected chi connectivity index (χ0v) is 10.4. The average Bonchev–Trinajstić information content (AvgIpc) is 2.67. The zero-order chi connectivity index (χ0) is 10.9. The Morgan fingerprint density at radius 1 is 1.13 bits per heavy atom. The molecule has 0 aromatic carbocycles. The first-order chi connectivity index (χ1) is 7.38. The van der Waals surface area contributed by atoms with Gasteiger partial charge in [-0.15, -0.1) is 0 Å². The molecule has 1 saturated carbocycles. The molecular weight excluding hydrogens is 186 g/mol. The highest BCUT2D eigenvalue weighted by Crippen LogP contribution is 2.31. The van der Waals surface area contributed by atoms with Gasteiger partial charge in [-0.25, -0.2) is 0 Å². The Hall–Kier alpha value is -0.0800. The predicted molar refractivity (Wildman–Crippen MR) is 65.1 cm³/mol. The SMILES string of the molecule is CCCNCC1CCCC1COCCC. The van der Waals surface area contributed by atoms with E-state index in [1.54, 1.807) is 0 Å². The van der Waals surface area contributed by atoms with Crippen molar-refractivity contribution in [2.75, 3.05) is 26.3 Å². The molecule has 0 bridgehead atoms. The van der Waals surface area contributed by atoms with Crippen LogP contribution in [0.4, 0.5) is 0 Å². The van der Waals surface area contributed by atoms with Crippen LogP contribution in [0.15, 0.2) is 0 Å². The number of hydrogen-bond donors (Lipinski definition) is 1. The first-order valence-electron chi connectivity index (χ1n) is 6.66. The minimum Gasteiger partial charge on any atom is -0.381 e. The summed E-state index contributed by atoms with van der Waals surface area (Å²) < 4.78 is 5.68. The highest BCUT2D eigenvalue weighted by Gasteiger charge is 2.26. The van der Waals surface area contributed by atoms with Crippen molar-refractivity contribution < 1.29 is 4.74 Å². The number of hydrogen-bond acceptors (Lipinski definition) is 2. The first-order valence-corrected chi connectivity index (χ1v) is 6.66. The van der Waals surface area contributed by atoms with Crippen molar-refractivity contribution in [3.8, 4) is 0 Å². The average molecular weight is 213 g/mol.